The van der Waals surface area contributed by atoms with E-state index in [4.69, 9.17) is 0 Å². The fourth-order valence-corrected chi connectivity index (χ4v) is 2.11. The number of amides is 1. The first-order valence-electron chi connectivity index (χ1n) is 6.01. The largest absolute Gasteiger partial charge is 0.340 e. The maximum absolute atomic E-state index is 13.4. The maximum atomic E-state index is 13.4. The van der Waals surface area contributed by atoms with Crippen LogP contribution in [0, 0.1) is 11.6 Å². The molecule has 0 unspecified atom stereocenters. The first-order chi connectivity index (χ1) is 8.56. The van der Waals surface area contributed by atoms with E-state index in [-0.39, 0.29) is 36.3 Å². The molecule has 0 spiro atoms. The van der Waals surface area contributed by atoms with Gasteiger partial charge in [-0.25, -0.2) is 8.78 Å². The van der Waals surface area contributed by atoms with Crippen molar-refractivity contribution >= 4 is 18.3 Å². The van der Waals surface area contributed by atoms with E-state index in [2.05, 4.69) is 5.32 Å². The van der Waals surface area contributed by atoms with Crippen LogP contribution < -0.4 is 5.32 Å². The summed E-state index contributed by atoms with van der Waals surface area (Å²) < 4.78 is 26.4. The van der Waals surface area contributed by atoms with E-state index < -0.39 is 11.6 Å². The lowest BCUT2D eigenvalue weighted by Crippen LogP contribution is -2.51. The molecule has 1 fully saturated rings. The van der Waals surface area contributed by atoms with Crippen LogP contribution in [0.15, 0.2) is 18.2 Å². The first-order valence-corrected chi connectivity index (χ1v) is 6.01. The van der Waals surface area contributed by atoms with Gasteiger partial charge < -0.3 is 10.2 Å². The summed E-state index contributed by atoms with van der Waals surface area (Å²) >= 11 is 0. The summed E-state index contributed by atoms with van der Waals surface area (Å²) in [6.45, 7) is 3.94. The molecule has 0 saturated carbocycles. The van der Waals surface area contributed by atoms with Crippen LogP contribution in [-0.2, 0) is 11.2 Å². The van der Waals surface area contributed by atoms with Gasteiger partial charge in [0.1, 0.15) is 11.6 Å². The zero-order chi connectivity index (χ0) is 13.1. The molecule has 0 bridgehead atoms. The molecule has 1 heterocycles. The van der Waals surface area contributed by atoms with E-state index in [0.29, 0.717) is 13.1 Å². The van der Waals surface area contributed by atoms with E-state index in [9.17, 15) is 13.6 Å². The van der Waals surface area contributed by atoms with Gasteiger partial charge in [-0.1, -0.05) is 0 Å². The van der Waals surface area contributed by atoms with Crippen molar-refractivity contribution in [3.8, 4) is 0 Å². The fraction of sp³-hybridized carbons (Fsp3) is 0.462. The van der Waals surface area contributed by atoms with E-state index in [1.165, 1.54) is 0 Å². The summed E-state index contributed by atoms with van der Waals surface area (Å²) in [6.07, 6.45) is -0.0870. The number of halogens is 3. The second-order valence-electron chi connectivity index (χ2n) is 4.61. The number of benzene rings is 1. The Bertz CT molecular complexity index is 456. The van der Waals surface area contributed by atoms with Crippen molar-refractivity contribution in [1.29, 1.82) is 0 Å². The van der Waals surface area contributed by atoms with Crippen LogP contribution in [0.5, 0.6) is 0 Å². The van der Waals surface area contributed by atoms with Crippen molar-refractivity contribution < 1.29 is 13.6 Å². The Morgan fingerprint density at radius 2 is 2.21 bits per heavy atom. The van der Waals surface area contributed by atoms with Gasteiger partial charge in [0.25, 0.3) is 0 Å². The number of nitrogens with one attached hydrogen (secondary N) is 1. The lowest BCUT2D eigenvalue weighted by atomic mass is 10.1. The highest BCUT2D eigenvalue weighted by atomic mass is 35.5. The molecule has 3 nitrogen and oxygen atoms in total. The van der Waals surface area contributed by atoms with Crippen LogP contribution in [0.4, 0.5) is 8.78 Å². The highest BCUT2D eigenvalue weighted by molar-refractivity contribution is 5.85. The summed E-state index contributed by atoms with van der Waals surface area (Å²) in [5, 5.41) is 3.22. The number of nitrogens with zero attached hydrogens (tertiary/aromatic N) is 1. The quantitative estimate of drug-likeness (QED) is 0.900. The average Bonchev–Trinajstić information content (AvgIpc) is 2.34. The third-order valence-corrected chi connectivity index (χ3v) is 3.07. The van der Waals surface area contributed by atoms with Crippen LogP contribution in [0.2, 0.25) is 0 Å². The summed E-state index contributed by atoms with van der Waals surface area (Å²) in [6, 6.07) is 3.42. The van der Waals surface area contributed by atoms with E-state index in [1.807, 2.05) is 6.92 Å². The highest BCUT2D eigenvalue weighted by Crippen LogP contribution is 2.12. The Morgan fingerprint density at radius 1 is 1.47 bits per heavy atom. The number of carbonyl (C=O) groups excluding carboxylic acids is 1. The van der Waals surface area contributed by atoms with Crippen molar-refractivity contribution in [2.75, 3.05) is 19.6 Å². The molecule has 1 aromatic carbocycles. The van der Waals surface area contributed by atoms with Crippen LogP contribution in [-0.4, -0.2) is 36.5 Å². The molecule has 1 aromatic rings. The van der Waals surface area contributed by atoms with Gasteiger partial charge in [-0.2, -0.15) is 0 Å². The monoisotopic (exact) mass is 290 g/mol. The molecule has 6 heteroatoms. The highest BCUT2D eigenvalue weighted by Gasteiger charge is 2.21. The van der Waals surface area contributed by atoms with Gasteiger partial charge in [0.2, 0.25) is 5.91 Å². The van der Waals surface area contributed by atoms with E-state index in [0.717, 1.165) is 24.7 Å². The molecular weight excluding hydrogens is 274 g/mol. The van der Waals surface area contributed by atoms with Crippen LogP contribution in [0.1, 0.15) is 12.5 Å². The van der Waals surface area contributed by atoms with Gasteiger partial charge in [0.15, 0.2) is 0 Å². The third kappa shape index (κ3) is 4.14. The van der Waals surface area contributed by atoms with Crippen molar-refractivity contribution in [2.45, 2.75) is 19.4 Å². The second kappa shape index (κ2) is 6.82. The maximum Gasteiger partial charge on any atom is 0.227 e. The SMILES string of the molecule is C[C@@H]1CN(C(=O)Cc2cc(F)ccc2F)CCN1.Cl. The topological polar surface area (TPSA) is 32.3 Å². The normalized spacial score (nSPS) is 18.9. The van der Waals surface area contributed by atoms with Gasteiger partial charge in [-0.15, -0.1) is 12.4 Å². The minimum absolute atomic E-state index is 0. The lowest BCUT2D eigenvalue weighted by molar-refractivity contribution is -0.131. The molecule has 2 rings (SSSR count). The van der Waals surface area contributed by atoms with Crippen molar-refractivity contribution in [3.05, 3.63) is 35.4 Å². The zero-order valence-electron chi connectivity index (χ0n) is 10.7. The molecule has 1 atom stereocenters. The van der Waals surface area contributed by atoms with E-state index in [1.54, 1.807) is 4.90 Å². The van der Waals surface area contributed by atoms with Crippen molar-refractivity contribution in [3.63, 3.8) is 0 Å². The van der Waals surface area contributed by atoms with Gasteiger partial charge in [-0.3, -0.25) is 4.79 Å². The second-order valence-corrected chi connectivity index (χ2v) is 4.61. The van der Waals surface area contributed by atoms with Crippen LogP contribution >= 0.6 is 12.4 Å². The van der Waals surface area contributed by atoms with Gasteiger partial charge in [0.05, 0.1) is 6.42 Å². The standard InChI is InChI=1S/C13H16F2N2O.ClH/c1-9-8-17(5-4-16-9)13(18)7-10-6-11(14)2-3-12(10)15;/h2-3,6,9,16H,4-5,7-8H2,1H3;1H/t9-;/m1./s1. The number of carbonyl (C=O) groups is 1. The summed E-state index contributed by atoms with van der Waals surface area (Å²) in [4.78, 5) is 13.7. The molecule has 0 radical (unpaired) electrons. The minimum atomic E-state index is -0.534. The number of hydrogen-bond acceptors (Lipinski definition) is 2. The summed E-state index contributed by atoms with van der Waals surface area (Å²) in [5.74, 6) is -1.21. The number of hydrogen-bond donors (Lipinski definition) is 1. The van der Waals surface area contributed by atoms with Crippen LogP contribution in [0.3, 0.4) is 0 Å². The average molecular weight is 291 g/mol. The Kier molecular flexibility index (Phi) is 5.69. The Labute approximate surface area is 117 Å². The molecule has 106 valence electrons. The Hall–Kier alpha value is -1.20. The van der Waals surface area contributed by atoms with E-state index >= 15 is 0 Å². The molecule has 1 N–H and O–H groups in total. The van der Waals surface area contributed by atoms with Gasteiger partial charge in [0, 0.05) is 31.2 Å². The predicted molar refractivity (Wildman–Crippen MR) is 71.4 cm³/mol. The zero-order valence-corrected chi connectivity index (χ0v) is 11.5. The molecule has 1 aliphatic rings. The number of rotatable bonds is 2. The first kappa shape index (κ1) is 15.9. The Morgan fingerprint density at radius 3 is 2.89 bits per heavy atom. The molecule has 0 aromatic heterocycles. The molecule has 0 aliphatic carbocycles. The van der Waals surface area contributed by atoms with Gasteiger partial charge in [-0.05, 0) is 25.1 Å². The summed E-state index contributed by atoms with van der Waals surface area (Å²) in [5.41, 5.74) is 0.117. The van der Waals surface area contributed by atoms with Gasteiger partial charge >= 0.3 is 0 Å². The summed E-state index contributed by atoms with van der Waals surface area (Å²) in [7, 11) is 0. The van der Waals surface area contributed by atoms with Crippen LogP contribution in [0.25, 0.3) is 0 Å². The minimum Gasteiger partial charge on any atom is -0.340 e. The molecule has 19 heavy (non-hydrogen) atoms. The molecule has 1 saturated heterocycles. The third-order valence-electron chi connectivity index (χ3n) is 3.07. The predicted octanol–water partition coefficient (Wildman–Crippen LogP) is 1.75. The molecule has 1 amide bonds. The lowest BCUT2D eigenvalue weighted by Gasteiger charge is -2.32. The number of piperazine rings is 1. The molecule has 1 aliphatic heterocycles. The van der Waals surface area contributed by atoms with Crippen molar-refractivity contribution in [2.24, 2.45) is 0 Å². The van der Waals surface area contributed by atoms with Crippen molar-refractivity contribution in [1.82, 2.24) is 10.2 Å². The fourth-order valence-electron chi connectivity index (χ4n) is 2.11. The smallest absolute Gasteiger partial charge is 0.227 e. The Balaban J connectivity index is 0.00000180. The molecular formula is C13H17ClF2N2O.